The molecule has 1 saturated heterocycles. The van der Waals surface area contributed by atoms with Gasteiger partial charge in [-0.1, -0.05) is 0 Å². The second-order valence-corrected chi connectivity index (χ2v) is 6.53. The Hall–Kier alpha value is -2.64. The van der Waals surface area contributed by atoms with Crippen LogP contribution in [0.1, 0.15) is 44.0 Å². The van der Waals surface area contributed by atoms with Crippen LogP contribution in [0.5, 0.6) is 0 Å². The van der Waals surface area contributed by atoms with Crippen LogP contribution >= 0.6 is 0 Å². The lowest BCUT2D eigenvalue weighted by Crippen LogP contribution is -2.45. The molecule has 24 heavy (non-hydrogen) atoms. The number of pyridine rings is 1. The van der Waals surface area contributed by atoms with E-state index in [1.165, 1.54) is 23.2 Å². The summed E-state index contributed by atoms with van der Waals surface area (Å²) in [4.78, 5) is 41.1. The zero-order valence-corrected chi connectivity index (χ0v) is 13.9. The van der Waals surface area contributed by atoms with E-state index in [9.17, 15) is 14.4 Å². The summed E-state index contributed by atoms with van der Waals surface area (Å²) in [6.45, 7) is 5.68. The molecular weight excluding hydrogens is 314 g/mol. The number of aromatic carboxylic acids is 1. The maximum atomic E-state index is 12.5. The molecule has 1 aromatic rings. The highest BCUT2D eigenvalue weighted by molar-refractivity contribution is 6.01. The minimum absolute atomic E-state index is 0.0361. The number of hydrogen-bond donors (Lipinski definition) is 2. The Morgan fingerprint density at radius 1 is 1.38 bits per heavy atom. The van der Waals surface area contributed by atoms with Gasteiger partial charge in [-0.2, -0.15) is 0 Å². The fourth-order valence-corrected chi connectivity index (χ4v) is 2.46. The Morgan fingerprint density at radius 3 is 2.71 bits per heavy atom. The van der Waals surface area contributed by atoms with E-state index >= 15 is 0 Å². The van der Waals surface area contributed by atoms with Gasteiger partial charge in [-0.15, -0.1) is 0 Å². The molecule has 1 fully saturated rings. The summed E-state index contributed by atoms with van der Waals surface area (Å²) in [5.41, 5.74) is -0.759. The Morgan fingerprint density at radius 2 is 2.08 bits per heavy atom. The SMILES string of the molecule is CC(C)(C)OC(=O)N1CCC[C@H]1C(=O)Nc1ncccc1C(=O)O. The highest BCUT2D eigenvalue weighted by Crippen LogP contribution is 2.22. The van der Waals surface area contributed by atoms with Gasteiger partial charge in [0.2, 0.25) is 5.91 Å². The van der Waals surface area contributed by atoms with Gasteiger partial charge in [0.1, 0.15) is 23.0 Å². The molecule has 2 heterocycles. The summed E-state index contributed by atoms with van der Waals surface area (Å²) >= 11 is 0. The molecule has 0 bridgehead atoms. The van der Waals surface area contributed by atoms with Gasteiger partial charge < -0.3 is 15.2 Å². The average Bonchev–Trinajstić information content (AvgIpc) is 2.95. The molecule has 1 aromatic heterocycles. The van der Waals surface area contributed by atoms with E-state index in [1.54, 1.807) is 20.8 Å². The summed E-state index contributed by atoms with van der Waals surface area (Å²) in [5.74, 6) is -1.69. The van der Waals surface area contributed by atoms with Crippen molar-refractivity contribution in [1.29, 1.82) is 0 Å². The molecule has 0 aromatic carbocycles. The van der Waals surface area contributed by atoms with Crippen LogP contribution in [0.25, 0.3) is 0 Å². The number of nitrogens with one attached hydrogen (secondary N) is 1. The van der Waals surface area contributed by atoms with Crippen LogP contribution in [0.15, 0.2) is 18.3 Å². The normalized spacial score (nSPS) is 17.5. The lowest BCUT2D eigenvalue weighted by atomic mass is 10.2. The van der Waals surface area contributed by atoms with Gasteiger partial charge in [0.25, 0.3) is 0 Å². The molecule has 1 aliphatic rings. The fourth-order valence-electron chi connectivity index (χ4n) is 2.46. The highest BCUT2D eigenvalue weighted by Gasteiger charge is 2.37. The zero-order chi connectivity index (χ0) is 17.9. The number of hydrogen-bond acceptors (Lipinski definition) is 5. The number of carboxylic acids is 1. The number of amides is 2. The number of ether oxygens (including phenoxy) is 1. The van der Waals surface area contributed by atoms with E-state index in [1.807, 2.05) is 0 Å². The van der Waals surface area contributed by atoms with E-state index < -0.39 is 29.6 Å². The van der Waals surface area contributed by atoms with Gasteiger partial charge in [0, 0.05) is 12.7 Å². The molecule has 0 saturated carbocycles. The minimum Gasteiger partial charge on any atom is -0.478 e. The first-order chi connectivity index (χ1) is 11.2. The molecule has 130 valence electrons. The molecule has 1 aliphatic heterocycles. The molecule has 0 radical (unpaired) electrons. The smallest absolute Gasteiger partial charge is 0.410 e. The third kappa shape index (κ3) is 4.21. The second kappa shape index (κ2) is 6.86. The van der Waals surface area contributed by atoms with E-state index in [0.29, 0.717) is 19.4 Å². The van der Waals surface area contributed by atoms with Crippen LogP contribution in [-0.2, 0) is 9.53 Å². The Balaban J connectivity index is 2.12. The van der Waals surface area contributed by atoms with Crippen LogP contribution in [0, 0.1) is 0 Å². The lowest BCUT2D eigenvalue weighted by Gasteiger charge is -2.28. The first-order valence-corrected chi connectivity index (χ1v) is 7.68. The summed E-state index contributed by atoms with van der Waals surface area (Å²) in [6.07, 6.45) is 1.99. The largest absolute Gasteiger partial charge is 0.478 e. The maximum absolute atomic E-state index is 12.5. The number of nitrogens with zero attached hydrogens (tertiary/aromatic N) is 2. The van der Waals surface area contributed by atoms with E-state index in [2.05, 4.69) is 10.3 Å². The highest BCUT2D eigenvalue weighted by atomic mass is 16.6. The summed E-state index contributed by atoms with van der Waals surface area (Å²) < 4.78 is 5.31. The maximum Gasteiger partial charge on any atom is 0.410 e. The van der Waals surface area contributed by atoms with Crippen LogP contribution < -0.4 is 5.32 Å². The quantitative estimate of drug-likeness (QED) is 0.876. The number of likely N-dealkylation sites (tertiary alicyclic amines) is 1. The number of aromatic nitrogens is 1. The standard InChI is InChI=1S/C16H21N3O5/c1-16(2,3)24-15(23)19-9-5-7-11(19)13(20)18-12-10(14(21)22)6-4-8-17-12/h4,6,8,11H,5,7,9H2,1-3H3,(H,21,22)(H,17,18,20)/t11-/m0/s1. The molecule has 8 nitrogen and oxygen atoms in total. The summed E-state index contributed by atoms with van der Waals surface area (Å²) in [6, 6.07) is 2.12. The second-order valence-electron chi connectivity index (χ2n) is 6.53. The van der Waals surface area contributed by atoms with Crippen molar-refractivity contribution in [3.05, 3.63) is 23.9 Å². The minimum atomic E-state index is -1.19. The number of carboxylic acid groups (broad SMARTS) is 1. The van der Waals surface area contributed by atoms with Crippen molar-refractivity contribution in [1.82, 2.24) is 9.88 Å². The van der Waals surface area contributed by atoms with Gasteiger partial charge >= 0.3 is 12.1 Å². The summed E-state index contributed by atoms with van der Waals surface area (Å²) in [5, 5.41) is 11.6. The van der Waals surface area contributed by atoms with E-state index in [-0.39, 0.29) is 11.4 Å². The molecular formula is C16H21N3O5. The van der Waals surface area contributed by atoms with Crippen molar-refractivity contribution < 1.29 is 24.2 Å². The van der Waals surface area contributed by atoms with Crippen LogP contribution in [0.2, 0.25) is 0 Å². The van der Waals surface area contributed by atoms with Gasteiger partial charge in [0.05, 0.1) is 0 Å². The Labute approximate surface area is 139 Å². The molecule has 0 unspecified atom stereocenters. The zero-order valence-electron chi connectivity index (χ0n) is 13.9. The predicted octanol–water partition coefficient (Wildman–Crippen LogP) is 2.12. The van der Waals surface area contributed by atoms with Crippen molar-refractivity contribution in [3.63, 3.8) is 0 Å². The van der Waals surface area contributed by atoms with Crippen molar-refractivity contribution in [2.75, 3.05) is 11.9 Å². The molecule has 1 atom stereocenters. The van der Waals surface area contributed by atoms with Crippen molar-refractivity contribution >= 4 is 23.8 Å². The first-order valence-electron chi connectivity index (χ1n) is 7.68. The van der Waals surface area contributed by atoms with Crippen LogP contribution in [0.3, 0.4) is 0 Å². The number of carbonyl (C=O) groups is 3. The first kappa shape index (κ1) is 17.7. The van der Waals surface area contributed by atoms with E-state index in [4.69, 9.17) is 9.84 Å². The van der Waals surface area contributed by atoms with Gasteiger partial charge in [0.15, 0.2) is 0 Å². The Bertz CT molecular complexity index is 653. The Kier molecular flexibility index (Phi) is 5.06. The molecule has 2 N–H and O–H groups in total. The number of rotatable bonds is 3. The van der Waals surface area contributed by atoms with Crippen LogP contribution in [-0.4, -0.2) is 51.1 Å². The fraction of sp³-hybridized carbons (Fsp3) is 0.500. The monoisotopic (exact) mass is 335 g/mol. The third-order valence-electron chi connectivity index (χ3n) is 3.46. The van der Waals surface area contributed by atoms with E-state index in [0.717, 1.165) is 0 Å². The molecule has 0 spiro atoms. The van der Waals surface area contributed by atoms with Crippen molar-refractivity contribution in [2.24, 2.45) is 0 Å². The van der Waals surface area contributed by atoms with Crippen molar-refractivity contribution in [3.8, 4) is 0 Å². The topological polar surface area (TPSA) is 109 Å². The number of anilines is 1. The predicted molar refractivity (Wildman–Crippen MR) is 85.8 cm³/mol. The molecule has 2 amide bonds. The van der Waals surface area contributed by atoms with Crippen molar-refractivity contribution in [2.45, 2.75) is 45.3 Å². The average molecular weight is 335 g/mol. The lowest BCUT2D eigenvalue weighted by molar-refractivity contribution is -0.120. The molecule has 2 rings (SSSR count). The number of carbonyl (C=O) groups excluding carboxylic acids is 2. The molecule has 0 aliphatic carbocycles. The van der Waals surface area contributed by atoms with Crippen LogP contribution in [0.4, 0.5) is 10.6 Å². The summed E-state index contributed by atoms with van der Waals surface area (Å²) in [7, 11) is 0. The van der Waals surface area contributed by atoms with Gasteiger partial charge in [-0.3, -0.25) is 9.69 Å². The van der Waals surface area contributed by atoms with Gasteiger partial charge in [-0.25, -0.2) is 14.6 Å². The third-order valence-corrected chi connectivity index (χ3v) is 3.46. The molecule has 8 heteroatoms. The van der Waals surface area contributed by atoms with Gasteiger partial charge in [-0.05, 0) is 45.7 Å².